The van der Waals surface area contributed by atoms with Crippen LogP contribution in [0.3, 0.4) is 0 Å². The maximum atomic E-state index is 12.7. The van der Waals surface area contributed by atoms with E-state index in [-0.39, 0.29) is 28.6 Å². The number of rotatable bonds is 5. The molecule has 2 aliphatic rings. The lowest BCUT2D eigenvalue weighted by molar-refractivity contribution is -0.123. The fourth-order valence-electron chi connectivity index (χ4n) is 3.42. The highest BCUT2D eigenvalue weighted by Gasteiger charge is 2.32. The van der Waals surface area contributed by atoms with Crippen molar-refractivity contribution >= 4 is 21.8 Å². The molecule has 1 unspecified atom stereocenters. The number of benzene rings is 1. The van der Waals surface area contributed by atoms with Crippen molar-refractivity contribution in [3.8, 4) is 0 Å². The molecular weight excluding hydrogens is 338 g/mol. The Morgan fingerprint density at radius 3 is 2.64 bits per heavy atom. The van der Waals surface area contributed by atoms with E-state index in [1.54, 1.807) is 24.3 Å². The maximum Gasteiger partial charge on any atom is 0.263 e. The van der Waals surface area contributed by atoms with Crippen LogP contribution in [0.1, 0.15) is 51.5 Å². The zero-order valence-corrected chi connectivity index (χ0v) is 15.5. The Balaban J connectivity index is 1.87. The molecule has 1 aromatic carbocycles. The summed E-state index contributed by atoms with van der Waals surface area (Å²) in [6.07, 6.45) is 4.87. The minimum atomic E-state index is -3.59. The van der Waals surface area contributed by atoms with E-state index < -0.39 is 16.1 Å². The van der Waals surface area contributed by atoms with E-state index in [2.05, 4.69) is 15.0 Å². The lowest BCUT2D eigenvalue weighted by atomic mass is 10.0. The van der Waals surface area contributed by atoms with Crippen molar-refractivity contribution in [1.29, 1.82) is 0 Å². The van der Waals surface area contributed by atoms with Gasteiger partial charge in [-0.1, -0.05) is 38.8 Å². The van der Waals surface area contributed by atoms with E-state index in [4.69, 9.17) is 0 Å². The normalized spacial score (nSPS) is 22.0. The molecule has 1 amide bonds. The zero-order chi connectivity index (χ0) is 18.0. The Bertz CT molecular complexity index is 781. The van der Waals surface area contributed by atoms with Gasteiger partial charge in [-0.15, -0.1) is 0 Å². The summed E-state index contributed by atoms with van der Waals surface area (Å²) in [6.45, 7) is 4.06. The molecule has 7 heteroatoms. The standard InChI is InChI=1S/C18H25N3O3S/c1-12(2)11-15(18(22)19-13-7-3-4-8-13)20-17-14-9-5-6-10-16(14)25(23,24)21-17/h5-6,9-10,12-13,15H,3-4,7-8,11H2,1-2H3,(H,19,22)(H,20,21). The first kappa shape index (κ1) is 17.9. The van der Waals surface area contributed by atoms with Crippen molar-refractivity contribution in [2.24, 2.45) is 10.9 Å². The van der Waals surface area contributed by atoms with Crippen LogP contribution in [0.4, 0.5) is 0 Å². The summed E-state index contributed by atoms with van der Waals surface area (Å²) in [5.74, 6) is 0.427. The lowest BCUT2D eigenvalue weighted by Crippen LogP contribution is -2.41. The van der Waals surface area contributed by atoms with Crippen LogP contribution in [-0.2, 0) is 14.8 Å². The van der Waals surface area contributed by atoms with Gasteiger partial charge in [0.1, 0.15) is 11.9 Å². The van der Waals surface area contributed by atoms with Gasteiger partial charge in [0.05, 0.1) is 4.90 Å². The summed E-state index contributed by atoms with van der Waals surface area (Å²) in [5, 5.41) is 3.08. The number of aliphatic imine (C=N–C) groups is 1. The molecule has 1 aliphatic carbocycles. The summed E-state index contributed by atoms with van der Waals surface area (Å²) in [4.78, 5) is 17.4. The molecule has 1 atom stereocenters. The molecule has 0 bridgehead atoms. The van der Waals surface area contributed by atoms with Gasteiger partial charge in [0.15, 0.2) is 0 Å². The predicted octanol–water partition coefficient (Wildman–Crippen LogP) is 2.20. The minimum Gasteiger partial charge on any atom is -0.352 e. The van der Waals surface area contributed by atoms with E-state index in [1.165, 1.54) is 0 Å². The SMILES string of the molecule is CC(C)CC(N=C1NS(=O)(=O)c2ccccc21)C(=O)NC1CCCC1. The Labute approximate surface area is 149 Å². The van der Waals surface area contributed by atoms with Gasteiger partial charge in [0.25, 0.3) is 10.0 Å². The Morgan fingerprint density at radius 1 is 1.28 bits per heavy atom. The molecule has 25 heavy (non-hydrogen) atoms. The number of nitrogens with zero attached hydrogens (tertiary/aromatic N) is 1. The number of amides is 1. The number of carbonyl (C=O) groups is 1. The molecule has 1 fully saturated rings. The van der Waals surface area contributed by atoms with Crippen LogP contribution in [0.5, 0.6) is 0 Å². The van der Waals surface area contributed by atoms with Crippen LogP contribution in [-0.4, -0.2) is 32.2 Å². The molecule has 2 N–H and O–H groups in total. The topological polar surface area (TPSA) is 87.6 Å². The van der Waals surface area contributed by atoms with Gasteiger partial charge in [-0.25, -0.2) is 8.42 Å². The van der Waals surface area contributed by atoms with Gasteiger partial charge in [0, 0.05) is 11.6 Å². The second-order valence-electron chi connectivity index (χ2n) is 7.21. The number of sulfonamides is 1. The fraction of sp³-hybridized carbons (Fsp3) is 0.556. The second-order valence-corrected chi connectivity index (χ2v) is 8.87. The van der Waals surface area contributed by atoms with Crippen molar-refractivity contribution in [2.45, 2.75) is 62.9 Å². The molecular formula is C18H25N3O3S. The molecule has 136 valence electrons. The van der Waals surface area contributed by atoms with Crippen molar-refractivity contribution in [3.63, 3.8) is 0 Å². The molecule has 0 radical (unpaired) electrons. The summed E-state index contributed by atoms with van der Waals surface area (Å²) in [7, 11) is -3.59. The van der Waals surface area contributed by atoms with E-state index >= 15 is 0 Å². The highest BCUT2D eigenvalue weighted by Crippen LogP contribution is 2.24. The average Bonchev–Trinajstić information content (AvgIpc) is 3.13. The third-order valence-corrected chi connectivity index (χ3v) is 6.04. The van der Waals surface area contributed by atoms with Crippen LogP contribution in [0.15, 0.2) is 34.2 Å². The molecule has 1 saturated carbocycles. The van der Waals surface area contributed by atoms with Gasteiger partial charge in [0.2, 0.25) is 5.91 Å². The Hall–Kier alpha value is -1.89. The highest BCUT2D eigenvalue weighted by molar-refractivity contribution is 7.90. The molecule has 1 aliphatic heterocycles. The lowest BCUT2D eigenvalue weighted by Gasteiger charge is -2.19. The summed E-state index contributed by atoms with van der Waals surface area (Å²) >= 11 is 0. The first-order chi connectivity index (χ1) is 11.9. The molecule has 0 spiro atoms. The quantitative estimate of drug-likeness (QED) is 0.841. The third-order valence-electron chi connectivity index (χ3n) is 4.65. The van der Waals surface area contributed by atoms with Crippen LogP contribution in [0.25, 0.3) is 0 Å². The molecule has 0 aromatic heterocycles. The number of nitrogens with one attached hydrogen (secondary N) is 2. The summed E-state index contributed by atoms with van der Waals surface area (Å²) in [6, 6.07) is 6.34. The predicted molar refractivity (Wildman–Crippen MR) is 96.9 cm³/mol. The van der Waals surface area contributed by atoms with E-state index in [0.717, 1.165) is 25.7 Å². The van der Waals surface area contributed by atoms with Gasteiger partial charge in [-0.2, -0.15) is 0 Å². The summed E-state index contributed by atoms with van der Waals surface area (Å²) in [5.41, 5.74) is 0.532. The average molecular weight is 363 g/mol. The van der Waals surface area contributed by atoms with Gasteiger partial charge < -0.3 is 5.32 Å². The molecule has 1 aromatic rings. The minimum absolute atomic E-state index is 0.114. The van der Waals surface area contributed by atoms with Crippen LogP contribution in [0.2, 0.25) is 0 Å². The number of hydrogen-bond donors (Lipinski definition) is 2. The van der Waals surface area contributed by atoms with Crippen LogP contribution < -0.4 is 10.0 Å². The van der Waals surface area contributed by atoms with E-state index in [1.807, 2.05) is 13.8 Å². The van der Waals surface area contributed by atoms with Crippen molar-refractivity contribution in [2.75, 3.05) is 0 Å². The number of carbonyl (C=O) groups excluding carboxylic acids is 1. The van der Waals surface area contributed by atoms with E-state index in [9.17, 15) is 13.2 Å². The summed E-state index contributed by atoms with van der Waals surface area (Å²) < 4.78 is 26.9. The van der Waals surface area contributed by atoms with Crippen molar-refractivity contribution < 1.29 is 13.2 Å². The Morgan fingerprint density at radius 2 is 1.96 bits per heavy atom. The van der Waals surface area contributed by atoms with Crippen molar-refractivity contribution in [1.82, 2.24) is 10.0 Å². The smallest absolute Gasteiger partial charge is 0.263 e. The highest BCUT2D eigenvalue weighted by atomic mass is 32.2. The van der Waals surface area contributed by atoms with Crippen molar-refractivity contribution in [3.05, 3.63) is 29.8 Å². The fourth-order valence-corrected chi connectivity index (χ4v) is 4.66. The zero-order valence-electron chi connectivity index (χ0n) is 14.7. The largest absolute Gasteiger partial charge is 0.352 e. The van der Waals surface area contributed by atoms with Crippen LogP contribution in [0, 0.1) is 5.92 Å². The maximum absolute atomic E-state index is 12.7. The first-order valence-corrected chi connectivity index (χ1v) is 10.4. The number of hydrogen-bond acceptors (Lipinski definition) is 4. The Kier molecular flexibility index (Phi) is 5.13. The molecule has 0 saturated heterocycles. The number of amidine groups is 1. The van der Waals surface area contributed by atoms with Gasteiger partial charge in [-0.05, 0) is 37.3 Å². The van der Waals surface area contributed by atoms with Gasteiger partial charge >= 0.3 is 0 Å². The molecule has 6 nitrogen and oxygen atoms in total. The van der Waals surface area contributed by atoms with E-state index in [0.29, 0.717) is 12.0 Å². The molecule has 3 rings (SSSR count). The monoisotopic (exact) mass is 363 g/mol. The number of fused-ring (bicyclic) bond motifs is 1. The molecule has 1 heterocycles. The third kappa shape index (κ3) is 4.03. The first-order valence-electron chi connectivity index (χ1n) is 8.87. The van der Waals surface area contributed by atoms with Gasteiger partial charge in [-0.3, -0.25) is 14.5 Å². The second kappa shape index (κ2) is 7.15. The van der Waals surface area contributed by atoms with Crippen LogP contribution >= 0.6 is 0 Å².